The van der Waals surface area contributed by atoms with Crippen LogP contribution < -0.4 is 0 Å². The summed E-state index contributed by atoms with van der Waals surface area (Å²) >= 11 is 0. The van der Waals surface area contributed by atoms with E-state index in [2.05, 4.69) is 58.7 Å². The van der Waals surface area contributed by atoms with E-state index in [1.54, 1.807) is 0 Å². The third-order valence-electron chi connectivity index (χ3n) is 4.21. The second-order valence-electron chi connectivity index (χ2n) is 7.22. The molecule has 0 aliphatic heterocycles. The molecule has 0 amide bonds. The molecule has 2 atom stereocenters. The molecule has 3 heteroatoms. The van der Waals surface area contributed by atoms with Crippen molar-refractivity contribution in [2.75, 3.05) is 6.61 Å². The molecule has 0 radical (unpaired) electrons. The van der Waals surface area contributed by atoms with Gasteiger partial charge in [-0.1, -0.05) is 64.5 Å². The molecule has 0 aromatic carbocycles. The summed E-state index contributed by atoms with van der Waals surface area (Å²) in [6, 6.07) is 0. The highest BCUT2D eigenvalue weighted by molar-refractivity contribution is 6.74. The smallest absolute Gasteiger partial charge is 0.193 e. The van der Waals surface area contributed by atoms with Gasteiger partial charge in [-0.2, -0.15) is 0 Å². The summed E-state index contributed by atoms with van der Waals surface area (Å²) in [5.74, 6) is 6.11. The second kappa shape index (κ2) is 9.45. The largest absolute Gasteiger partial charge is 0.406 e. The van der Waals surface area contributed by atoms with Gasteiger partial charge < -0.3 is 9.53 Å². The summed E-state index contributed by atoms with van der Waals surface area (Å²) in [5.41, 5.74) is 0. The van der Waals surface area contributed by atoms with Crippen LogP contribution in [0.15, 0.2) is 12.2 Å². The average molecular weight is 311 g/mol. The molecule has 0 aliphatic rings. The van der Waals surface area contributed by atoms with Gasteiger partial charge >= 0.3 is 0 Å². The zero-order valence-corrected chi connectivity index (χ0v) is 16.0. The van der Waals surface area contributed by atoms with Gasteiger partial charge in [-0.15, -0.1) is 0 Å². The maximum atomic E-state index is 9.98. The molecular formula is C18H34O2Si. The van der Waals surface area contributed by atoms with Crippen LogP contribution in [0.3, 0.4) is 0 Å². The van der Waals surface area contributed by atoms with Crippen molar-refractivity contribution < 1.29 is 9.53 Å². The second-order valence-corrected chi connectivity index (χ2v) is 12.0. The Balaban J connectivity index is 4.24. The Labute approximate surface area is 133 Å². The van der Waals surface area contributed by atoms with E-state index in [4.69, 9.17) is 4.43 Å². The summed E-state index contributed by atoms with van der Waals surface area (Å²) in [6.45, 7) is 15.7. The highest BCUT2D eigenvalue weighted by atomic mass is 28.4. The van der Waals surface area contributed by atoms with Crippen LogP contribution in [-0.4, -0.2) is 26.1 Å². The summed E-state index contributed by atoms with van der Waals surface area (Å²) in [5, 5.41) is 10.2. The lowest BCUT2D eigenvalue weighted by molar-refractivity contribution is 0.189. The molecule has 0 saturated carbocycles. The van der Waals surface area contributed by atoms with Crippen LogP contribution in [0.4, 0.5) is 0 Å². The third kappa shape index (κ3) is 8.46. The van der Waals surface area contributed by atoms with Crippen LogP contribution in [0, 0.1) is 17.8 Å². The summed E-state index contributed by atoms with van der Waals surface area (Å²) < 4.78 is 6.00. The van der Waals surface area contributed by atoms with Crippen molar-refractivity contribution in [3.63, 3.8) is 0 Å². The molecule has 0 heterocycles. The SMILES string of the molecule is CCCC/C=C/C(O)[C@H](C)C#CCO[Si](C)(C)C(C)(C)C. The highest BCUT2D eigenvalue weighted by Gasteiger charge is 2.36. The van der Waals surface area contributed by atoms with E-state index >= 15 is 0 Å². The summed E-state index contributed by atoms with van der Waals surface area (Å²) in [4.78, 5) is 0. The molecule has 0 aromatic heterocycles. The van der Waals surface area contributed by atoms with E-state index in [1.807, 2.05) is 13.0 Å². The molecule has 0 saturated heterocycles. The molecule has 1 unspecified atom stereocenters. The van der Waals surface area contributed by atoms with Gasteiger partial charge in [0.15, 0.2) is 8.32 Å². The van der Waals surface area contributed by atoms with Crippen molar-refractivity contribution in [3.05, 3.63) is 12.2 Å². The van der Waals surface area contributed by atoms with Gasteiger partial charge in [0.2, 0.25) is 0 Å². The Kier molecular flexibility index (Phi) is 9.20. The Bertz CT molecular complexity index is 369. The van der Waals surface area contributed by atoms with Crippen molar-refractivity contribution in [2.45, 2.75) is 78.1 Å². The molecule has 0 aliphatic carbocycles. The summed E-state index contributed by atoms with van der Waals surface area (Å²) in [6.07, 6.45) is 6.82. The lowest BCUT2D eigenvalue weighted by Crippen LogP contribution is -2.40. The monoisotopic (exact) mass is 310 g/mol. The van der Waals surface area contributed by atoms with E-state index in [-0.39, 0.29) is 11.0 Å². The molecule has 0 bridgehead atoms. The van der Waals surface area contributed by atoms with Crippen molar-refractivity contribution in [3.8, 4) is 11.8 Å². The molecule has 2 nitrogen and oxygen atoms in total. The van der Waals surface area contributed by atoms with Crippen molar-refractivity contribution >= 4 is 8.32 Å². The first-order chi connectivity index (χ1) is 9.62. The Morgan fingerprint density at radius 2 is 1.90 bits per heavy atom. The van der Waals surface area contributed by atoms with Crippen molar-refractivity contribution in [2.24, 2.45) is 5.92 Å². The number of unbranched alkanes of at least 4 members (excludes halogenated alkanes) is 2. The van der Waals surface area contributed by atoms with E-state index in [0.29, 0.717) is 6.61 Å². The molecule has 0 spiro atoms. The van der Waals surface area contributed by atoms with E-state index in [1.165, 1.54) is 12.8 Å². The first kappa shape index (κ1) is 20.4. The lowest BCUT2D eigenvalue weighted by atomic mass is 10.0. The zero-order valence-electron chi connectivity index (χ0n) is 15.0. The van der Waals surface area contributed by atoms with E-state index in [9.17, 15) is 5.11 Å². The molecule has 21 heavy (non-hydrogen) atoms. The minimum Gasteiger partial charge on any atom is -0.406 e. The first-order valence-electron chi connectivity index (χ1n) is 8.09. The van der Waals surface area contributed by atoms with Gasteiger partial charge in [0.05, 0.1) is 12.7 Å². The third-order valence-corrected chi connectivity index (χ3v) is 8.69. The topological polar surface area (TPSA) is 29.5 Å². The van der Waals surface area contributed by atoms with Gasteiger partial charge in [-0.3, -0.25) is 0 Å². The van der Waals surface area contributed by atoms with Crippen LogP contribution in [0.25, 0.3) is 0 Å². The number of hydrogen-bond donors (Lipinski definition) is 1. The molecular weight excluding hydrogens is 276 g/mol. The normalized spacial score (nSPS) is 15.6. The minimum absolute atomic E-state index is 0.0501. The number of aliphatic hydroxyl groups is 1. The molecule has 0 fully saturated rings. The van der Waals surface area contributed by atoms with Gasteiger partial charge in [-0.05, 0) is 31.5 Å². The molecule has 1 N–H and O–H groups in total. The van der Waals surface area contributed by atoms with Gasteiger partial charge in [0.1, 0.15) is 0 Å². The lowest BCUT2D eigenvalue weighted by Gasteiger charge is -2.35. The average Bonchev–Trinajstić information content (AvgIpc) is 2.37. The molecule has 0 rings (SSSR count). The highest BCUT2D eigenvalue weighted by Crippen LogP contribution is 2.36. The predicted octanol–water partition coefficient (Wildman–Crippen LogP) is 4.76. The van der Waals surface area contributed by atoms with Gasteiger partial charge in [-0.25, -0.2) is 0 Å². The maximum Gasteiger partial charge on any atom is 0.193 e. The minimum atomic E-state index is -1.71. The summed E-state index contributed by atoms with van der Waals surface area (Å²) in [7, 11) is -1.71. The fourth-order valence-corrected chi connectivity index (χ4v) is 2.31. The quantitative estimate of drug-likeness (QED) is 0.318. The zero-order chi connectivity index (χ0) is 16.5. The van der Waals surface area contributed by atoms with Crippen LogP contribution in [0.1, 0.15) is 53.9 Å². The number of aliphatic hydroxyl groups excluding tert-OH is 1. The van der Waals surface area contributed by atoms with Crippen LogP contribution in [0.2, 0.25) is 18.1 Å². The molecule has 122 valence electrons. The van der Waals surface area contributed by atoms with E-state index in [0.717, 1.165) is 6.42 Å². The maximum absolute atomic E-state index is 9.98. The fraction of sp³-hybridized carbons (Fsp3) is 0.778. The van der Waals surface area contributed by atoms with Crippen LogP contribution in [0.5, 0.6) is 0 Å². The van der Waals surface area contributed by atoms with Crippen molar-refractivity contribution in [1.29, 1.82) is 0 Å². The number of allylic oxidation sites excluding steroid dienone is 1. The first-order valence-corrected chi connectivity index (χ1v) is 11.0. The van der Waals surface area contributed by atoms with Crippen LogP contribution in [-0.2, 0) is 4.43 Å². The van der Waals surface area contributed by atoms with Gasteiger partial charge in [0, 0.05) is 5.92 Å². The standard InChI is InChI=1S/C18H34O2Si/c1-8-9-10-11-14-17(19)16(2)13-12-15-20-21(6,7)18(3,4)5/h11,14,16-17,19H,8-10,15H2,1-7H3/b14-11+/t16-,17?/m1/s1. The Morgan fingerprint density at radius 1 is 1.29 bits per heavy atom. The fourth-order valence-electron chi connectivity index (χ4n) is 1.45. The van der Waals surface area contributed by atoms with E-state index < -0.39 is 14.4 Å². The van der Waals surface area contributed by atoms with Gasteiger partial charge in [0.25, 0.3) is 0 Å². The van der Waals surface area contributed by atoms with Crippen molar-refractivity contribution in [1.82, 2.24) is 0 Å². The van der Waals surface area contributed by atoms with Crippen LogP contribution >= 0.6 is 0 Å². The Hall–Kier alpha value is -0.563. The Morgan fingerprint density at radius 3 is 2.43 bits per heavy atom. The number of rotatable bonds is 7. The predicted molar refractivity (Wildman–Crippen MR) is 94.8 cm³/mol. The number of hydrogen-bond acceptors (Lipinski definition) is 2. The molecule has 0 aromatic rings.